The highest BCUT2D eigenvalue weighted by molar-refractivity contribution is 8.14. The van der Waals surface area contributed by atoms with Gasteiger partial charge in [0.15, 0.2) is 4.08 Å². The van der Waals surface area contributed by atoms with Crippen LogP contribution < -0.4 is 4.31 Å². The number of fused-ring (bicyclic) bond motifs is 2. The summed E-state index contributed by atoms with van der Waals surface area (Å²) < 4.78 is 27.0. The molecule has 0 saturated carbocycles. The Labute approximate surface area is 119 Å². The van der Waals surface area contributed by atoms with E-state index >= 15 is 0 Å². The van der Waals surface area contributed by atoms with E-state index in [2.05, 4.69) is 0 Å². The molecule has 1 aromatic carbocycles. The summed E-state index contributed by atoms with van der Waals surface area (Å²) in [5, 5.41) is 0. The Morgan fingerprint density at radius 2 is 2.00 bits per heavy atom. The molecule has 1 saturated heterocycles. The lowest BCUT2D eigenvalue weighted by Gasteiger charge is -2.33. The second kappa shape index (κ2) is 4.42. The van der Waals surface area contributed by atoms with Crippen molar-refractivity contribution in [2.75, 3.05) is 10.1 Å². The highest BCUT2D eigenvalue weighted by Gasteiger charge is 2.57. The van der Waals surface area contributed by atoms with Gasteiger partial charge in [-0.25, -0.2) is 8.42 Å². The second-order valence-corrected chi connectivity index (χ2v) is 9.16. The normalized spacial score (nSPS) is 28.9. The zero-order valence-electron chi connectivity index (χ0n) is 11.3. The van der Waals surface area contributed by atoms with Gasteiger partial charge in [0.2, 0.25) is 0 Å². The average Bonchev–Trinajstić information content (AvgIpc) is 2.57. The zero-order valence-corrected chi connectivity index (χ0v) is 12.9. The molecule has 3 nitrogen and oxygen atoms in total. The molecule has 19 heavy (non-hydrogen) atoms. The molecule has 0 aliphatic carbocycles. The van der Waals surface area contributed by atoms with Gasteiger partial charge in [-0.15, -0.1) is 11.8 Å². The van der Waals surface area contributed by atoms with E-state index in [4.69, 9.17) is 0 Å². The van der Waals surface area contributed by atoms with Gasteiger partial charge in [0.25, 0.3) is 10.0 Å². The molecule has 2 aliphatic rings. The Bertz CT molecular complexity index is 589. The second-order valence-electron chi connectivity index (χ2n) is 5.47. The summed E-state index contributed by atoms with van der Waals surface area (Å²) >= 11 is 1.61. The summed E-state index contributed by atoms with van der Waals surface area (Å²) in [6.45, 7) is 3.89. The van der Waals surface area contributed by atoms with Gasteiger partial charge in [-0.3, -0.25) is 4.31 Å². The third-order valence-corrected chi connectivity index (χ3v) is 8.69. The number of thioether (sulfide) groups is 1. The molecular weight excluding hydrogens is 278 g/mol. The molecule has 0 aromatic heterocycles. The fourth-order valence-corrected chi connectivity index (χ4v) is 7.68. The number of rotatable bonds is 1. The molecular formula is C14H19NO2S2. The van der Waals surface area contributed by atoms with Crippen molar-refractivity contribution in [3.05, 3.63) is 29.8 Å². The number of nitrogens with zero attached hydrogens (tertiary/aromatic N) is 1. The van der Waals surface area contributed by atoms with Crippen molar-refractivity contribution in [3.8, 4) is 0 Å². The fourth-order valence-electron chi connectivity index (χ4n) is 3.16. The first-order chi connectivity index (χ1) is 9.01. The van der Waals surface area contributed by atoms with E-state index < -0.39 is 14.1 Å². The Balaban J connectivity index is 2.26. The number of hydrogen-bond donors (Lipinski definition) is 0. The molecule has 3 rings (SSSR count). The molecule has 2 aliphatic heterocycles. The van der Waals surface area contributed by atoms with Crippen LogP contribution in [0.5, 0.6) is 0 Å². The minimum atomic E-state index is -3.31. The first-order valence-corrected chi connectivity index (χ1v) is 9.21. The first-order valence-electron chi connectivity index (χ1n) is 6.78. The lowest BCUT2D eigenvalue weighted by atomic mass is 10.0. The van der Waals surface area contributed by atoms with Gasteiger partial charge in [0.05, 0.1) is 5.69 Å². The van der Waals surface area contributed by atoms with Crippen LogP contribution in [0, 0.1) is 0 Å². The third kappa shape index (κ3) is 1.67. The maximum atomic E-state index is 13.1. The minimum Gasteiger partial charge on any atom is -0.266 e. The van der Waals surface area contributed by atoms with E-state index in [9.17, 15) is 8.42 Å². The van der Waals surface area contributed by atoms with Crippen molar-refractivity contribution in [3.63, 3.8) is 0 Å². The van der Waals surface area contributed by atoms with Gasteiger partial charge in [0.1, 0.15) is 0 Å². The summed E-state index contributed by atoms with van der Waals surface area (Å²) in [6.07, 6.45) is 2.85. The monoisotopic (exact) mass is 297 g/mol. The van der Waals surface area contributed by atoms with E-state index in [0.717, 1.165) is 36.3 Å². The van der Waals surface area contributed by atoms with Crippen LogP contribution in [-0.4, -0.2) is 20.2 Å². The molecule has 2 heterocycles. The van der Waals surface area contributed by atoms with Crippen LogP contribution in [0.1, 0.15) is 38.7 Å². The Kier molecular flexibility index (Phi) is 3.09. The fraction of sp³-hybridized carbons (Fsp3) is 0.571. The number of hydrogen-bond acceptors (Lipinski definition) is 3. The van der Waals surface area contributed by atoms with Crippen molar-refractivity contribution < 1.29 is 8.42 Å². The highest BCUT2D eigenvalue weighted by Crippen LogP contribution is 2.58. The van der Waals surface area contributed by atoms with Crippen LogP contribution in [0.15, 0.2) is 24.3 Å². The topological polar surface area (TPSA) is 37.4 Å². The van der Waals surface area contributed by atoms with Gasteiger partial charge in [-0.05, 0) is 44.9 Å². The van der Waals surface area contributed by atoms with Crippen LogP contribution >= 0.6 is 11.8 Å². The summed E-state index contributed by atoms with van der Waals surface area (Å²) in [6, 6.07) is 7.78. The van der Waals surface area contributed by atoms with Crippen molar-refractivity contribution in [2.24, 2.45) is 0 Å². The lowest BCUT2D eigenvalue weighted by Crippen LogP contribution is -2.42. The number of sulfonamides is 1. The molecule has 1 fully saturated rings. The maximum Gasteiger partial charge on any atom is 0.254 e. The quantitative estimate of drug-likeness (QED) is 0.798. The smallest absolute Gasteiger partial charge is 0.254 e. The molecule has 1 spiro atoms. The summed E-state index contributed by atoms with van der Waals surface area (Å²) in [4.78, 5) is 0. The predicted octanol–water partition coefficient (Wildman–Crippen LogP) is 3.31. The van der Waals surface area contributed by atoms with Crippen LogP contribution in [0.25, 0.3) is 0 Å². The van der Waals surface area contributed by atoms with Gasteiger partial charge in [-0.2, -0.15) is 0 Å². The number of anilines is 1. The summed E-state index contributed by atoms with van der Waals surface area (Å²) in [5.74, 6) is 0.930. The van der Waals surface area contributed by atoms with Crippen molar-refractivity contribution in [1.29, 1.82) is 0 Å². The lowest BCUT2D eigenvalue weighted by molar-refractivity contribution is 0.550. The number of para-hydroxylation sites is 1. The molecule has 0 amide bonds. The van der Waals surface area contributed by atoms with Gasteiger partial charge < -0.3 is 0 Å². The van der Waals surface area contributed by atoms with E-state index in [1.807, 2.05) is 38.1 Å². The molecule has 1 unspecified atom stereocenters. The van der Waals surface area contributed by atoms with E-state index in [0.29, 0.717) is 0 Å². The summed E-state index contributed by atoms with van der Waals surface area (Å²) in [5.41, 5.74) is 1.88. The van der Waals surface area contributed by atoms with Gasteiger partial charge in [0, 0.05) is 11.6 Å². The van der Waals surface area contributed by atoms with Crippen LogP contribution in [-0.2, 0) is 14.1 Å². The van der Waals surface area contributed by atoms with E-state index in [1.54, 1.807) is 16.1 Å². The van der Waals surface area contributed by atoms with Crippen LogP contribution in [0.4, 0.5) is 5.69 Å². The Morgan fingerprint density at radius 3 is 2.63 bits per heavy atom. The maximum absolute atomic E-state index is 13.1. The molecule has 5 heteroatoms. The molecule has 1 atom stereocenters. The molecule has 0 bridgehead atoms. The largest absolute Gasteiger partial charge is 0.266 e. The standard InChI is InChI=1S/C14H19NO2S2/c1-11(2)15-13-8-4-3-7-12(13)14(19(15,16)17)9-5-6-10-18-14/h3-4,7-8,11H,5-6,9-10H2,1-2H3. The van der Waals surface area contributed by atoms with Crippen molar-refractivity contribution in [1.82, 2.24) is 0 Å². The van der Waals surface area contributed by atoms with E-state index in [-0.39, 0.29) is 6.04 Å². The van der Waals surface area contributed by atoms with Gasteiger partial charge in [-0.1, -0.05) is 18.2 Å². The Hall–Kier alpha value is -0.680. The molecule has 104 valence electrons. The SMILES string of the molecule is CC(C)N1c2ccccc2C2(CCCCS2)S1(=O)=O. The van der Waals surface area contributed by atoms with E-state index in [1.165, 1.54) is 0 Å². The van der Waals surface area contributed by atoms with Crippen molar-refractivity contribution >= 4 is 27.5 Å². The Morgan fingerprint density at radius 1 is 1.26 bits per heavy atom. The minimum absolute atomic E-state index is 0.0342. The highest BCUT2D eigenvalue weighted by atomic mass is 32.3. The molecule has 0 radical (unpaired) electrons. The molecule has 1 aromatic rings. The van der Waals surface area contributed by atoms with Gasteiger partial charge >= 0.3 is 0 Å². The number of benzene rings is 1. The van der Waals surface area contributed by atoms with Crippen LogP contribution in [0.3, 0.4) is 0 Å². The first kappa shape index (κ1) is 13.3. The zero-order chi connectivity index (χ0) is 13.7. The molecule has 0 N–H and O–H groups in total. The van der Waals surface area contributed by atoms with Crippen molar-refractivity contribution in [2.45, 2.75) is 43.2 Å². The summed E-state index contributed by atoms with van der Waals surface area (Å²) in [7, 11) is -3.31. The predicted molar refractivity (Wildman–Crippen MR) is 81.0 cm³/mol. The average molecular weight is 297 g/mol. The van der Waals surface area contributed by atoms with Crippen LogP contribution in [0.2, 0.25) is 0 Å². The third-order valence-electron chi connectivity index (χ3n) is 3.93.